The molecule has 0 saturated carbocycles. The minimum atomic E-state index is -0.656. The van der Waals surface area contributed by atoms with Crippen LogP contribution in [0.4, 0.5) is 0 Å². The number of carbonyl (C=O) groups is 1. The summed E-state index contributed by atoms with van der Waals surface area (Å²) < 4.78 is 0. The minimum Gasteiger partial charge on any atom is -0.481 e. The van der Waals surface area contributed by atoms with Gasteiger partial charge in [-0.3, -0.25) is 4.79 Å². The van der Waals surface area contributed by atoms with Gasteiger partial charge < -0.3 is 5.11 Å². The van der Waals surface area contributed by atoms with E-state index < -0.39 is 5.97 Å². The fourth-order valence-electron chi connectivity index (χ4n) is 2.88. The Morgan fingerprint density at radius 1 is 0.652 bits per heavy atom. The normalized spacial score (nSPS) is 11.3. The van der Waals surface area contributed by atoms with Crippen molar-refractivity contribution in [3.05, 3.63) is 12.2 Å². The highest BCUT2D eigenvalue weighted by molar-refractivity contribution is 5.66. The van der Waals surface area contributed by atoms with Crippen LogP contribution in [0, 0.1) is 0 Å². The SMILES string of the molecule is CCCCCC/C=C\CCCCCCCCCCCCC(=O)O. The van der Waals surface area contributed by atoms with Crippen LogP contribution in [0.15, 0.2) is 12.2 Å². The summed E-state index contributed by atoms with van der Waals surface area (Å²) >= 11 is 0. The first-order chi connectivity index (χ1) is 11.3. The molecule has 0 fully saturated rings. The van der Waals surface area contributed by atoms with Crippen LogP contribution in [0.3, 0.4) is 0 Å². The van der Waals surface area contributed by atoms with E-state index >= 15 is 0 Å². The quantitative estimate of drug-likeness (QED) is 0.212. The molecule has 0 bridgehead atoms. The lowest BCUT2D eigenvalue weighted by atomic mass is 10.0. The van der Waals surface area contributed by atoms with Crippen molar-refractivity contribution < 1.29 is 9.90 Å². The first kappa shape index (κ1) is 22.2. The third-order valence-electron chi connectivity index (χ3n) is 4.40. The average Bonchev–Trinajstić information content (AvgIpc) is 2.53. The topological polar surface area (TPSA) is 37.3 Å². The third kappa shape index (κ3) is 21.2. The van der Waals surface area contributed by atoms with Crippen LogP contribution in [0.5, 0.6) is 0 Å². The fourth-order valence-corrected chi connectivity index (χ4v) is 2.88. The van der Waals surface area contributed by atoms with Gasteiger partial charge >= 0.3 is 5.97 Å². The van der Waals surface area contributed by atoms with E-state index in [1.807, 2.05) is 0 Å². The largest absolute Gasteiger partial charge is 0.481 e. The summed E-state index contributed by atoms with van der Waals surface area (Å²) in [6.45, 7) is 2.26. The third-order valence-corrected chi connectivity index (χ3v) is 4.40. The van der Waals surface area contributed by atoms with Gasteiger partial charge in [0, 0.05) is 6.42 Å². The molecule has 2 heteroatoms. The molecule has 0 aliphatic rings. The number of allylic oxidation sites excluding steroid dienone is 2. The highest BCUT2D eigenvalue weighted by Gasteiger charge is 1.96. The standard InChI is InChI=1S/C21H40O2/c1-2-3-4-5-6-7-8-9-10-11-12-13-14-15-16-17-18-19-20-21(22)23/h7-8H,2-6,9-20H2,1H3,(H,22,23)/b8-7-. The number of rotatable bonds is 18. The Balaban J connectivity index is 3.05. The zero-order valence-corrected chi connectivity index (χ0v) is 15.5. The van der Waals surface area contributed by atoms with Crippen LogP contribution < -0.4 is 0 Å². The maximum absolute atomic E-state index is 10.4. The van der Waals surface area contributed by atoms with Crippen molar-refractivity contribution in [1.29, 1.82) is 0 Å². The fraction of sp³-hybridized carbons (Fsp3) is 0.857. The minimum absolute atomic E-state index is 0.340. The Morgan fingerprint density at radius 2 is 1.04 bits per heavy atom. The molecule has 0 spiro atoms. The van der Waals surface area contributed by atoms with E-state index in [1.165, 1.54) is 89.9 Å². The first-order valence-electron chi connectivity index (χ1n) is 10.1. The monoisotopic (exact) mass is 324 g/mol. The van der Waals surface area contributed by atoms with E-state index in [1.54, 1.807) is 0 Å². The van der Waals surface area contributed by atoms with Crippen molar-refractivity contribution in [2.24, 2.45) is 0 Å². The molecule has 0 aromatic carbocycles. The molecule has 1 N–H and O–H groups in total. The van der Waals surface area contributed by atoms with Crippen LogP contribution in [0.2, 0.25) is 0 Å². The average molecular weight is 325 g/mol. The lowest BCUT2D eigenvalue weighted by Crippen LogP contribution is -1.93. The second-order valence-electron chi connectivity index (χ2n) is 6.79. The van der Waals surface area contributed by atoms with Crippen LogP contribution in [0.25, 0.3) is 0 Å². The van der Waals surface area contributed by atoms with Crippen molar-refractivity contribution in [2.45, 2.75) is 116 Å². The Kier molecular flexibility index (Phi) is 18.6. The molecule has 0 aromatic heterocycles. The second-order valence-corrected chi connectivity index (χ2v) is 6.79. The van der Waals surface area contributed by atoms with Gasteiger partial charge in [-0.25, -0.2) is 0 Å². The molecule has 2 nitrogen and oxygen atoms in total. The van der Waals surface area contributed by atoms with Gasteiger partial charge in [0.25, 0.3) is 0 Å². The zero-order chi connectivity index (χ0) is 17.0. The number of hydrogen-bond donors (Lipinski definition) is 1. The molecular weight excluding hydrogens is 284 g/mol. The Bertz CT molecular complexity index is 271. The van der Waals surface area contributed by atoms with Crippen molar-refractivity contribution in [2.75, 3.05) is 0 Å². The van der Waals surface area contributed by atoms with Crippen LogP contribution in [0.1, 0.15) is 116 Å². The van der Waals surface area contributed by atoms with Gasteiger partial charge in [0.2, 0.25) is 0 Å². The van der Waals surface area contributed by atoms with Gasteiger partial charge in [-0.05, 0) is 32.1 Å². The molecule has 0 rings (SSSR count). The summed E-state index contributed by atoms with van der Waals surface area (Å²) in [6.07, 6.45) is 25.6. The lowest BCUT2D eigenvalue weighted by molar-refractivity contribution is -0.137. The van der Waals surface area contributed by atoms with Gasteiger partial charge in [-0.15, -0.1) is 0 Å². The predicted octanol–water partition coefficient (Wildman–Crippen LogP) is 7.28. The number of carboxylic acids is 1. The Labute approximate surface area is 144 Å². The molecule has 0 heterocycles. The van der Waals surface area contributed by atoms with Crippen molar-refractivity contribution >= 4 is 5.97 Å². The molecule has 0 saturated heterocycles. The lowest BCUT2D eigenvalue weighted by Gasteiger charge is -2.02. The molecular formula is C21H40O2. The van der Waals surface area contributed by atoms with Crippen molar-refractivity contribution in [3.63, 3.8) is 0 Å². The molecule has 136 valence electrons. The molecule has 23 heavy (non-hydrogen) atoms. The second kappa shape index (κ2) is 19.3. The van der Waals surface area contributed by atoms with Gasteiger partial charge in [-0.2, -0.15) is 0 Å². The Hall–Kier alpha value is -0.790. The van der Waals surface area contributed by atoms with Crippen LogP contribution in [-0.2, 0) is 4.79 Å². The van der Waals surface area contributed by atoms with Crippen molar-refractivity contribution in [3.8, 4) is 0 Å². The highest BCUT2D eigenvalue weighted by Crippen LogP contribution is 2.12. The molecule has 0 amide bonds. The summed E-state index contributed by atoms with van der Waals surface area (Å²) in [4.78, 5) is 10.4. The highest BCUT2D eigenvalue weighted by atomic mass is 16.4. The molecule has 0 aliphatic carbocycles. The predicted molar refractivity (Wildman–Crippen MR) is 101 cm³/mol. The molecule has 0 aromatic rings. The summed E-state index contributed by atoms with van der Waals surface area (Å²) in [5.74, 6) is -0.656. The summed E-state index contributed by atoms with van der Waals surface area (Å²) in [7, 11) is 0. The summed E-state index contributed by atoms with van der Waals surface area (Å²) in [6, 6.07) is 0. The molecule has 0 atom stereocenters. The van der Waals surface area contributed by atoms with E-state index in [2.05, 4.69) is 19.1 Å². The Morgan fingerprint density at radius 3 is 1.48 bits per heavy atom. The van der Waals surface area contributed by atoms with E-state index in [-0.39, 0.29) is 0 Å². The van der Waals surface area contributed by atoms with Gasteiger partial charge in [-0.1, -0.05) is 89.7 Å². The van der Waals surface area contributed by atoms with Gasteiger partial charge in [0.1, 0.15) is 0 Å². The zero-order valence-electron chi connectivity index (χ0n) is 15.5. The first-order valence-corrected chi connectivity index (χ1v) is 10.1. The van der Waals surface area contributed by atoms with Crippen LogP contribution >= 0.6 is 0 Å². The maximum Gasteiger partial charge on any atom is 0.303 e. The number of carboxylic acid groups (broad SMARTS) is 1. The molecule has 0 radical (unpaired) electrons. The maximum atomic E-state index is 10.4. The number of hydrogen-bond acceptors (Lipinski definition) is 1. The van der Waals surface area contributed by atoms with Crippen LogP contribution in [-0.4, -0.2) is 11.1 Å². The van der Waals surface area contributed by atoms with Gasteiger partial charge in [0.15, 0.2) is 0 Å². The van der Waals surface area contributed by atoms with Crippen molar-refractivity contribution in [1.82, 2.24) is 0 Å². The van der Waals surface area contributed by atoms with E-state index in [0.717, 1.165) is 12.8 Å². The summed E-state index contributed by atoms with van der Waals surface area (Å²) in [5, 5.41) is 8.54. The van der Waals surface area contributed by atoms with E-state index in [9.17, 15) is 4.79 Å². The smallest absolute Gasteiger partial charge is 0.303 e. The number of unbranched alkanes of at least 4 members (excludes halogenated alkanes) is 14. The molecule has 0 aliphatic heterocycles. The van der Waals surface area contributed by atoms with E-state index in [4.69, 9.17) is 5.11 Å². The van der Waals surface area contributed by atoms with Gasteiger partial charge in [0.05, 0.1) is 0 Å². The summed E-state index contributed by atoms with van der Waals surface area (Å²) in [5.41, 5.74) is 0. The number of aliphatic carboxylic acids is 1. The molecule has 0 unspecified atom stereocenters. The van der Waals surface area contributed by atoms with E-state index in [0.29, 0.717) is 6.42 Å².